The molecule has 6 heteroatoms. The highest BCUT2D eigenvalue weighted by atomic mass is 16.6. The largest absolute Gasteiger partial charge is 0.443 e. The van der Waals surface area contributed by atoms with Crippen LogP contribution in [0.2, 0.25) is 0 Å². The van der Waals surface area contributed by atoms with Crippen LogP contribution >= 0.6 is 0 Å². The number of hydrogen-bond donors (Lipinski definition) is 0. The van der Waals surface area contributed by atoms with Gasteiger partial charge in [0.2, 0.25) is 0 Å². The summed E-state index contributed by atoms with van der Waals surface area (Å²) in [5.74, 6) is -0.399. The van der Waals surface area contributed by atoms with Gasteiger partial charge < -0.3 is 9.47 Å². The van der Waals surface area contributed by atoms with Gasteiger partial charge in [-0.25, -0.2) is 9.69 Å². The van der Waals surface area contributed by atoms with Crippen molar-refractivity contribution in [3.63, 3.8) is 0 Å². The molecule has 1 aliphatic carbocycles. The van der Waals surface area contributed by atoms with E-state index in [9.17, 15) is 9.59 Å². The highest BCUT2D eigenvalue weighted by Crippen LogP contribution is 2.39. The first-order valence-corrected chi connectivity index (χ1v) is 10.5. The standard InChI is InChI=1S/C24H32N2O4/c1-16(2)20-19(17-12-8-7-9-13-17)25-24(15-11-10-14-18(24)29-6)21(27)26(20)22(28)30-23(3,4)5/h7-10,12-14,16,18,20H,11,15H2,1-6H3/t18-,20+,24-/m1/s1. The fourth-order valence-electron chi connectivity index (χ4n) is 4.20. The van der Waals surface area contributed by atoms with Crippen LogP contribution in [-0.4, -0.2) is 53.0 Å². The van der Waals surface area contributed by atoms with Crippen molar-refractivity contribution < 1.29 is 19.1 Å². The number of methoxy groups -OCH3 is 1. The second-order valence-electron chi connectivity index (χ2n) is 9.25. The van der Waals surface area contributed by atoms with Gasteiger partial charge in [0.15, 0.2) is 5.54 Å². The number of benzene rings is 1. The second kappa shape index (κ2) is 8.34. The molecular weight excluding hydrogens is 380 g/mol. The summed E-state index contributed by atoms with van der Waals surface area (Å²) in [5.41, 5.74) is -0.299. The minimum Gasteiger partial charge on any atom is -0.443 e. The van der Waals surface area contributed by atoms with Crippen LogP contribution in [0.3, 0.4) is 0 Å². The molecule has 0 aromatic heterocycles. The fourth-order valence-corrected chi connectivity index (χ4v) is 4.20. The molecular formula is C24H32N2O4. The molecule has 2 aliphatic rings. The Morgan fingerprint density at radius 3 is 2.47 bits per heavy atom. The lowest BCUT2D eigenvalue weighted by Gasteiger charge is -2.47. The van der Waals surface area contributed by atoms with Crippen molar-refractivity contribution in [2.75, 3.05) is 7.11 Å². The molecule has 0 unspecified atom stereocenters. The van der Waals surface area contributed by atoms with Crippen LogP contribution in [0, 0.1) is 5.92 Å². The molecule has 1 heterocycles. The van der Waals surface area contributed by atoms with E-state index in [1.54, 1.807) is 27.9 Å². The molecule has 0 saturated heterocycles. The lowest BCUT2D eigenvalue weighted by Crippen LogP contribution is -2.66. The lowest BCUT2D eigenvalue weighted by atomic mass is 9.78. The Morgan fingerprint density at radius 2 is 1.90 bits per heavy atom. The number of amides is 2. The highest BCUT2D eigenvalue weighted by molar-refractivity contribution is 6.14. The molecule has 162 valence electrons. The van der Waals surface area contributed by atoms with Gasteiger partial charge in [0.25, 0.3) is 5.91 Å². The molecule has 6 nitrogen and oxygen atoms in total. The van der Waals surface area contributed by atoms with Gasteiger partial charge >= 0.3 is 6.09 Å². The fraction of sp³-hybridized carbons (Fsp3) is 0.542. The normalized spacial score (nSPS) is 26.8. The van der Waals surface area contributed by atoms with Crippen LogP contribution in [0.1, 0.15) is 53.0 Å². The van der Waals surface area contributed by atoms with E-state index in [0.717, 1.165) is 5.56 Å². The topological polar surface area (TPSA) is 68.2 Å². The van der Waals surface area contributed by atoms with Crippen molar-refractivity contribution in [2.45, 2.75) is 70.7 Å². The monoisotopic (exact) mass is 412 g/mol. The molecule has 0 fully saturated rings. The number of nitrogens with zero attached hydrogens (tertiary/aromatic N) is 2. The molecule has 0 radical (unpaired) electrons. The summed E-state index contributed by atoms with van der Waals surface area (Å²) in [6.45, 7) is 9.37. The Morgan fingerprint density at radius 1 is 1.23 bits per heavy atom. The maximum atomic E-state index is 13.9. The lowest BCUT2D eigenvalue weighted by molar-refractivity contribution is -0.143. The van der Waals surface area contributed by atoms with E-state index in [-0.39, 0.29) is 11.8 Å². The molecule has 1 aromatic rings. The van der Waals surface area contributed by atoms with Crippen LogP contribution in [0.4, 0.5) is 4.79 Å². The van der Waals surface area contributed by atoms with Crippen molar-refractivity contribution >= 4 is 17.7 Å². The minimum absolute atomic E-state index is 0.0436. The zero-order valence-corrected chi connectivity index (χ0v) is 18.7. The summed E-state index contributed by atoms with van der Waals surface area (Å²) >= 11 is 0. The van der Waals surface area contributed by atoms with Gasteiger partial charge in [0.1, 0.15) is 11.7 Å². The van der Waals surface area contributed by atoms with E-state index < -0.39 is 29.4 Å². The average molecular weight is 413 g/mol. The molecule has 30 heavy (non-hydrogen) atoms. The molecule has 0 saturated carbocycles. The predicted molar refractivity (Wildman–Crippen MR) is 117 cm³/mol. The van der Waals surface area contributed by atoms with E-state index >= 15 is 0 Å². The Bertz CT molecular complexity index is 854. The molecule has 1 aromatic carbocycles. The zero-order valence-electron chi connectivity index (χ0n) is 18.7. The number of aliphatic imine (C=N–C) groups is 1. The van der Waals surface area contributed by atoms with E-state index in [2.05, 4.69) is 0 Å². The van der Waals surface area contributed by atoms with E-state index in [1.165, 1.54) is 4.90 Å². The first-order chi connectivity index (χ1) is 14.1. The van der Waals surface area contributed by atoms with Crippen molar-refractivity contribution in [1.82, 2.24) is 4.90 Å². The van der Waals surface area contributed by atoms with Crippen molar-refractivity contribution in [1.29, 1.82) is 0 Å². The first kappa shape index (κ1) is 22.2. The number of carbonyl (C=O) groups is 2. The summed E-state index contributed by atoms with van der Waals surface area (Å²) in [7, 11) is 1.57. The highest BCUT2D eigenvalue weighted by Gasteiger charge is 2.56. The Balaban J connectivity index is 2.23. The number of imide groups is 1. The second-order valence-corrected chi connectivity index (χ2v) is 9.25. The Hall–Kier alpha value is -2.47. The minimum atomic E-state index is -1.18. The number of rotatable bonds is 3. The number of carbonyl (C=O) groups excluding carboxylic acids is 2. The van der Waals surface area contributed by atoms with Crippen LogP contribution in [0.15, 0.2) is 47.5 Å². The molecule has 1 spiro atoms. The molecule has 0 N–H and O–H groups in total. The Kier molecular flexibility index (Phi) is 6.18. The predicted octanol–water partition coefficient (Wildman–Crippen LogP) is 4.38. The van der Waals surface area contributed by atoms with Crippen molar-refractivity contribution in [3.05, 3.63) is 48.0 Å². The van der Waals surface area contributed by atoms with Gasteiger partial charge in [-0.05, 0) is 45.1 Å². The van der Waals surface area contributed by atoms with Gasteiger partial charge in [-0.15, -0.1) is 0 Å². The molecule has 2 amide bonds. The van der Waals surface area contributed by atoms with Crippen LogP contribution in [0.25, 0.3) is 0 Å². The number of hydrogen-bond acceptors (Lipinski definition) is 5. The smallest absolute Gasteiger partial charge is 0.417 e. The number of allylic oxidation sites excluding steroid dienone is 1. The average Bonchev–Trinajstić information content (AvgIpc) is 2.69. The third kappa shape index (κ3) is 4.06. The molecule has 3 rings (SSSR count). The van der Waals surface area contributed by atoms with Crippen LogP contribution in [0.5, 0.6) is 0 Å². The maximum absolute atomic E-state index is 13.9. The van der Waals surface area contributed by atoms with Gasteiger partial charge in [-0.3, -0.25) is 9.79 Å². The third-order valence-electron chi connectivity index (χ3n) is 5.49. The van der Waals surface area contributed by atoms with E-state index in [0.29, 0.717) is 18.6 Å². The third-order valence-corrected chi connectivity index (χ3v) is 5.49. The first-order valence-electron chi connectivity index (χ1n) is 10.5. The summed E-state index contributed by atoms with van der Waals surface area (Å²) < 4.78 is 11.3. The molecule has 3 atom stereocenters. The van der Waals surface area contributed by atoms with Gasteiger partial charge in [-0.2, -0.15) is 0 Å². The van der Waals surface area contributed by atoms with Gasteiger partial charge in [-0.1, -0.05) is 56.3 Å². The van der Waals surface area contributed by atoms with Crippen molar-refractivity contribution in [2.24, 2.45) is 10.9 Å². The summed E-state index contributed by atoms with van der Waals surface area (Å²) in [6.07, 6.45) is 3.84. The van der Waals surface area contributed by atoms with E-state index in [4.69, 9.17) is 14.5 Å². The van der Waals surface area contributed by atoms with Crippen molar-refractivity contribution in [3.8, 4) is 0 Å². The number of ether oxygens (including phenoxy) is 2. The molecule has 0 bridgehead atoms. The maximum Gasteiger partial charge on any atom is 0.417 e. The molecule has 1 aliphatic heterocycles. The quantitative estimate of drug-likeness (QED) is 0.691. The SMILES string of the molecule is CO[C@@H]1C=CCC[C@@]12N=C(c1ccccc1)[C@H](C(C)C)N(C(=O)OC(C)(C)C)C2=O. The summed E-state index contributed by atoms with van der Waals surface area (Å²) in [4.78, 5) is 33.5. The van der Waals surface area contributed by atoms with Gasteiger partial charge in [0, 0.05) is 7.11 Å². The Labute approximate surface area is 179 Å². The summed E-state index contributed by atoms with van der Waals surface area (Å²) in [5, 5.41) is 0. The van der Waals surface area contributed by atoms with Crippen LogP contribution < -0.4 is 0 Å². The van der Waals surface area contributed by atoms with E-state index in [1.807, 2.05) is 56.3 Å². The zero-order chi connectivity index (χ0) is 22.1. The van der Waals surface area contributed by atoms with Crippen LogP contribution in [-0.2, 0) is 14.3 Å². The summed E-state index contributed by atoms with van der Waals surface area (Å²) in [6, 6.07) is 9.21. The van der Waals surface area contributed by atoms with Gasteiger partial charge in [0.05, 0.1) is 11.8 Å².